The quantitative estimate of drug-likeness (QED) is 0.570. The largest absolute Gasteiger partial charge is 0.394 e. The number of nitrogens with zero attached hydrogens (tertiary/aromatic N) is 1. The zero-order valence-electron chi connectivity index (χ0n) is 13.7. The minimum absolute atomic E-state index is 0.108. The number of aliphatic hydroxyl groups excluding tert-OH is 1. The Morgan fingerprint density at radius 1 is 1.40 bits per heavy atom. The van der Waals surface area contributed by atoms with Gasteiger partial charge in [0, 0.05) is 18.7 Å². The second-order valence-electron chi connectivity index (χ2n) is 6.50. The van der Waals surface area contributed by atoms with E-state index >= 15 is 0 Å². The topological polar surface area (TPSA) is 44.7 Å². The minimum Gasteiger partial charge on any atom is -0.394 e. The third kappa shape index (κ3) is 7.02. The minimum atomic E-state index is -0.108. The lowest BCUT2D eigenvalue weighted by atomic mass is 9.95. The molecule has 1 saturated heterocycles. The van der Waals surface area contributed by atoms with Crippen molar-refractivity contribution >= 4 is 0 Å². The maximum absolute atomic E-state index is 9.52. The molecule has 4 heteroatoms. The van der Waals surface area contributed by atoms with Crippen LogP contribution in [0.5, 0.6) is 0 Å². The molecule has 1 heterocycles. The first-order chi connectivity index (χ1) is 9.59. The van der Waals surface area contributed by atoms with Crippen molar-refractivity contribution in [1.82, 2.24) is 10.2 Å². The lowest BCUT2D eigenvalue weighted by Gasteiger charge is -2.29. The fraction of sp³-hybridized carbons (Fsp3) is 1.00. The van der Waals surface area contributed by atoms with Gasteiger partial charge in [-0.25, -0.2) is 0 Å². The first-order valence-corrected chi connectivity index (χ1v) is 8.25. The highest BCUT2D eigenvalue weighted by atomic mass is 16.5. The summed E-state index contributed by atoms with van der Waals surface area (Å²) in [6, 6.07) is 0. The van der Waals surface area contributed by atoms with Gasteiger partial charge in [0.2, 0.25) is 0 Å². The molecule has 0 saturated carbocycles. The van der Waals surface area contributed by atoms with E-state index in [1.54, 1.807) is 0 Å². The number of nitrogens with one attached hydrogen (secondary N) is 1. The monoisotopic (exact) mass is 286 g/mol. The van der Waals surface area contributed by atoms with Gasteiger partial charge in [-0.2, -0.15) is 0 Å². The summed E-state index contributed by atoms with van der Waals surface area (Å²) in [6.45, 7) is 8.61. The van der Waals surface area contributed by atoms with E-state index in [0.717, 1.165) is 45.5 Å². The van der Waals surface area contributed by atoms with Gasteiger partial charge in [0.25, 0.3) is 0 Å². The Hall–Kier alpha value is -0.160. The van der Waals surface area contributed by atoms with E-state index in [0.29, 0.717) is 6.10 Å². The normalized spacial score (nSPS) is 22.4. The average molecular weight is 286 g/mol. The Morgan fingerprint density at radius 3 is 2.80 bits per heavy atom. The first kappa shape index (κ1) is 17.9. The number of rotatable bonds is 11. The van der Waals surface area contributed by atoms with Crippen LogP contribution in [-0.4, -0.2) is 61.5 Å². The molecule has 0 bridgehead atoms. The molecule has 20 heavy (non-hydrogen) atoms. The molecule has 0 aliphatic carbocycles. The van der Waals surface area contributed by atoms with E-state index in [9.17, 15) is 5.11 Å². The van der Waals surface area contributed by atoms with E-state index in [1.807, 2.05) is 0 Å². The van der Waals surface area contributed by atoms with Gasteiger partial charge in [0.1, 0.15) is 0 Å². The van der Waals surface area contributed by atoms with Gasteiger partial charge in [0.15, 0.2) is 0 Å². The summed E-state index contributed by atoms with van der Waals surface area (Å²) in [6.07, 6.45) is 7.38. The summed E-state index contributed by atoms with van der Waals surface area (Å²) in [5.74, 6) is 0. The molecule has 0 aromatic carbocycles. The fourth-order valence-corrected chi connectivity index (χ4v) is 2.77. The zero-order chi connectivity index (χ0) is 14.8. The molecule has 1 aliphatic rings. The van der Waals surface area contributed by atoms with Crippen LogP contribution in [0.2, 0.25) is 0 Å². The van der Waals surface area contributed by atoms with Gasteiger partial charge >= 0.3 is 0 Å². The summed E-state index contributed by atoms with van der Waals surface area (Å²) in [5, 5.41) is 13.0. The molecule has 2 atom stereocenters. The molecule has 0 amide bonds. The molecule has 0 spiro atoms. The van der Waals surface area contributed by atoms with Crippen molar-refractivity contribution in [2.75, 3.05) is 39.9 Å². The van der Waals surface area contributed by atoms with Crippen molar-refractivity contribution in [2.24, 2.45) is 0 Å². The Balaban J connectivity index is 2.09. The number of likely N-dealkylation sites (N-methyl/N-ethyl adjacent to an activating group) is 1. The van der Waals surface area contributed by atoms with Crippen molar-refractivity contribution in [1.29, 1.82) is 0 Å². The van der Waals surface area contributed by atoms with Gasteiger partial charge in [-0.1, -0.05) is 13.3 Å². The van der Waals surface area contributed by atoms with Gasteiger partial charge in [-0.3, -0.25) is 0 Å². The molecule has 1 aliphatic heterocycles. The Morgan fingerprint density at radius 2 is 2.20 bits per heavy atom. The number of hydrogen-bond donors (Lipinski definition) is 2. The van der Waals surface area contributed by atoms with Gasteiger partial charge in [-0.05, 0) is 59.2 Å². The smallest absolute Gasteiger partial charge is 0.0702 e. The second-order valence-corrected chi connectivity index (χ2v) is 6.50. The standard InChI is InChI=1S/C16H34N2O2/c1-4-10-17-16(2,14-19)9-5-6-11-18(3)13-15-8-7-12-20-15/h15,17,19H,4-14H2,1-3H3. The molecule has 4 nitrogen and oxygen atoms in total. The van der Waals surface area contributed by atoms with E-state index in [1.165, 1.54) is 19.3 Å². The molecule has 2 unspecified atom stereocenters. The number of aliphatic hydroxyl groups is 1. The van der Waals surface area contributed by atoms with Gasteiger partial charge < -0.3 is 20.1 Å². The highest BCUT2D eigenvalue weighted by Gasteiger charge is 2.21. The van der Waals surface area contributed by atoms with Gasteiger partial charge in [-0.15, -0.1) is 0 Å². The SMILES string of the molecule is CCCNC(C)(CO)CCCCN(C)CC1CCCO1. The molecule has 120 valence electrons. The Kier molecular flexibility index (Phi) is 8.69. The molecule has 1 fully saturated rings. The third-order valence-corrected chi connectivity index (χ3v) is 4.21. The van der Waals surface area contributed by atoms with Crippen LogP contribution in [0.3, 0.4) is 0 Å². The average Bonchev–Trinajstić information content (AvgIpc) is 2.94. The number of hydrogen-bond acceptors (Lipinski definition) is 4. The molecule has 0 aromatic heterocycles. The van der Waals surface area contributed by atoms with E-state index in [4.69, 9.17) is 4.74 Å². The van der Waals surface area contributed by atoms with Crippen LogP contribution in [0.4, 0.5) is 0 Å². The number of ether oxygens (including phenoxy) is 1. The van der Waals surface area contributed by atoms with E-state index in [-0.39, 0.29) is 12.1 Å². The number of unbranched alkanes of at least 4 members (excludes halogenated alkanes) is 1. The maximum Gasteiger partial charge on any atom is 0.0702 e. The van der Waals surface area contributed by atoms with Gasteiger partial charge in [0.05, 0.1) is 12.7 Å². The molecule has 2 N–H and O–H groups in total. The molecule has 0 aromatic rings. The molecular formula is C16H34N2O2. The van der Waals surface area contributed by atoms with Crippen LogP contribution in [0.1, 0.15) is 52.4 Å². The second kappa shape index (κ2) is 9.72. The predicted octanol–water partition coefficient (Wildman–Crippen LogP) is 2.02. The van der Waals surface area contributed by atoms with Crippen molar-refractivity contribution in [3.63, 3.8) is 0 Å². The van der Waals surface area contributed by atoms with Crippen LogP contribution in [-0.2, 0) is 4.74 Å². The molecular weight excluding hydrogens is 252 g/mol. The summed E-state index contributed by atoms with van der Waals surface area (Å²) < 4.78 is 5.66. The lowest BCUT2D eigenvalue weighted by molar-refractivity contribution is 0.0803. The first-order valence-electron chi connectivity index (χ1n) is 8.25. The van der Waals surface area contributed by atoms with Crippen molar-refractivity contribution in [2.45, 2.75) is 64.0 Å². The highest BCUT2D eigenvalue weighted by molar-refractivity contribution is 4.82. The maximum atomic E-state index is 9.52. The molecule has 1 rings (SSSR count). The summed E-state index contributed by atoms with van der Waals surface area (Å²) in [4.78, 5) is 2.38. The summed E-state index contributed by atoms with van der Waals surface area (Å²) in [5.41, 5.74) is -0.108. The zero-order valence-corrected chi connectivity index (χ0v) is 13.7. The Labute approximate surface area is 124 Å². The van der Waals surface area contributed by atoms with Crippen LogP contribution in [0, 0.1) is 0 Å². The van der Waals surface area contributed by atoms with Crippen LogP contribution < -0.4 is 5.32 Å². The van der Waals surface area contributed by atoms with Crippen LogP contribution in [0.15, 0.2) is 0 Å². The van der Waals surface area contributed by atoms with Crippen molar-refractivity contribution in [3.05, 3.63) is 0 Å². The van der Waals surface area contributed by atoms with Crippen LogP contribution in [0.25, 0.3) is 0 Å². The van der Waals surface area contributed by atoms with E-state index < -0.39 is 0 Å². The van der Waals surface area contributed by atoms with Crippen molar-refractivity contribution < 1.29 is 9.84 Å². The lowest BCUT2D eigenvalue weighted by Crippen LogP contribution is -2.46. The highest BCUT2D eigenvalue weighted by Crippen LogP contribution is 2.15. The predicted molar refractivity (Wildman–Crippen MR) is 84.1 cm³/mol. The van der Waals surface area contributed by atoms with Crippen molar-refractivity contribution in [3.8, 4) is 0 Å². The van der Waals surface area contributed by atoms with E-state index in [2.05, 4.69) is 31.1 Å². The fourth-order valence-electron chi connectivity index (χ4n) is 2.77. The Bertz CT molecular complexity index is 245. The molecule has 0 radical (unpaired) electrons. The summed E-state index contributed by atoms with van der Waals surface area (Å²) in [7, 11) is 2.18. The third-order valence-electron chi connectivity index (χ3n) is 4.21. The van der Waals surface area contributed by atoms with Crippen LogP contribution >= 0.6 is 0 Å². The summed E-state index contributed by atoms with van der Waals surface area (Å²) >= 11 is 0.